The van der Waals surface area contributed by atoms with Crippen LogP contribution >= 0.6 is 0 Å². The quantitative estimate of drug-likeness (QED) is 0.605. The van der Waals surface area contributed by atoms with Crippen LogP contribution in [-0.4, -0.2) is 37.2 Å². The Morgan fingerprint density at radius 2 is 1.94 bits per heavy atom. The van der Waals surface area contributed by atoms with Gasteiger partial charge in [-0.05, 0) is 55.5 Å². The number of urea groups is 1. The molecule has 2 fully saturated rings. The smallest absolute Gasteiger partial charge is 0.317 e. The standard InChI is InChI=1S/C25H28N2O4/c1-29-23-11-10-17(13-24(23)30-20-7-3-4-8-20)19-14-26-25(28)27(15-19)16-21-12-18-6-2-5-9-22(18)31-21/h2,5-6,9-13,19-20H,3-4,7-8,14-16H2,1H3,(H,26,28). The number of benzene rings is 2. The number of nitrogens with one attached hydrogen (secondary N) is 1. The van der Waals surface area contributed by atoms with Crippen LogP contribution in [0.2, 0.25) is 0 Å². The molecule has 2 heterocycles. The molecule has 1 N–H and O–H groups in total. The zero-order valence-corrected chi connectivity index (χ0v) is 17.8. The van der Waals surface area contributed by atoms with E-state index >= 15 is 0 Å². The van der Waals surface area contributed by atoms with Crippen molar-refractivity contribution >= 4 is 17.0 Å². The molecule has 6 heteroatoms. The lowest BCUT2D eigenvalue weighted by Gasteiger charge is -2.33. The van der Waals surface area contributed by atoms with Crippen molar-refractivity contribution in [2.24, 2.45) is 0 Å². The molecule has 1 atom stereocenters. The van der Waals surface area contributed by atoms with E-state index in [9.17, 15) is 4.79 Å². The average molecular weight is 421 g/mol. The lowest BCUT2D eigenvalue weighted by atomic mass is 9.96. The van der Waals surface area contributed by atoms with E-state index in [0.717, 1.165) is 46.6 Å². The maximum Gasteiger partial charge on any atom is 0.317 e. The van der Waals surface area contributed by atoms with Crippen LogP contribution in [0, 0.1) is 0 Å². The van der Waals surface area contributed by atoms with Crippen LogP contribution in [0.5, 0.6) is 11.5 Å². The predicted octanol–water partition coefficient (Wildman–Crippen LogP) is 5.07. The third-order valence-electron chi connectivity index (χ3n) is 6.31. The second kappa shape index (κ2) is 8.53. The number of nitrogens with zero attached hydrogens (tertiary/aromatic N) is 1. The molecule has 1 unspecified atom stereocenters. The van der Waals surface area contributed by atoms with Gasteiger partial charge < -0.3 is 24.1 Å². The molecule has 0 radical (unpaired) electrons. The molecule has 162 valence electrons. The number of ether oxygens (including phenoxy) is 2. The van der Waals surface area contributed by atoms with Crippen molar-refractivity contribution in [3.05, 3.63) is 59.9 Å². The SMILES string of the molecule is COc1ccc(C2CNC(=O)N(Cc3cc4ccccc4o3)C2)cc1OC1CCCC1. The molecule has 5 rings (SSSR count). The molecular weight excluding hydrogens is 392 g/mol. The Kier molecular flexibility index (Phi) is 5.45. The first-order valence-corrected chi connectivity index (χ1v) is 11.0. The highest BCUT2D eigenvalue weighted by Gasteiger charge is 2.28. The molecule has 3 aromatic rings. The van der Waals surface area contributed by atoms with Crippen LogP contribution in [0.15, 0.2) is 52.9 Å². The van der Waals surface area contributed by atoms with Crippen molar-refractivity contribution in [2.45, 2.75) is 44.2 Å². The number of para-hydroxylation sites is 1. The van der Waals surface area contributed by atoms with Gasteiger partial charge in [-0.1, -0.05) is 24.3 Å². The first-order chi connectivity index (χ1) is 15.2. The third kappa shape index (κ3) is 4.20. The number of furan rings is 1. The molecule has 1 aliphatic carbocycles. The van der Waals surface area contributed by atoms with Crippen molar-refractivity contribution in [3.8, 4) is 11.5 Å². The number of carbonyl (C=O) groups is 1. The minimum absolute atomic E-state index is 0.0624. The number of rotatable bonds is 6. The zero-order chi connectivity index (χ0) is 21.2. The Balaban J connectivity index is 1.33. The summed E-state index contributed by atoms with van der Waals surface area (Å²) in [5.41, 5.74) is 1.98. The Morgan fingerprint density at radius 3 is 2.74 bits per heavy atom. The zero-order valence-electron chi connectivity index (χ0n) is 17.8. The maximum absolute atomic E-state index is 12.5. The van der Waals surface area contributed by atoms with Crippen LogP contribution in [0.4, 0.5) is 4.79 Å². The van der Waals surface area contributed by atoms with Crippen LogP contribution in [0.25, 0.3) is 11.0 Å². The molecule has 1 saturated carbocycles. The molecule has 2 aromatic carbocycles. The Morgan fingerprint density at radius 1 is 1.10 bits per heavy atom. The lowest BCUT2D eigenvalue weighted by Crippen LogP contribution is -2.49. The first-order valence-electron chi connectivity index (χ1n) is 11.0. The number of hydrogen-bond donors (Lipinski definition) is 1. The fourth-order valence-corrected chi connectivity index (χ4v) is 4.62. The minimum Gasteiger partial charge on any atom is -0.493 e. The number of carbonyl (C=O) groups excluding carboxylic acids is 1. The summed E-state index contributed by atoms with van der Waals surface area (Å²) in [5.74, 6) is 2.51. The summed E-state index contributed by atoms with van der Waals surface area (Å²) in [6.45, 7) is 1.67. The van der Waals surface area contributed by atoms with E-state index in [1.165, 1.54) is 12.8 Å². The third-order valence-corrected chi connectivity index (χ3v) is 6.31. The highest BCUT2D eigenvalue weighted by molar-refractivity contribution is 5.78. The van der Waals surface area contributed by atoms with Crippen LogP contribution < -0.4 is 14.8 Å². The van der Waals surface area contributed by atoms with Gasteiger partial charge in [0, 0.05) is 24.4 Å². The highest BCUT2D eigenvalue weighted by Crippen LogP contribution is 2.35. The van der Waals surface area contributed by atoms with E-state index in [-0.39, 0.29) is 18.1 Å². The van der Waals surface area contributed by atoms with E-state index in [1.807, 2.05) is 41.3 Å². The van der Waals surface area contributed by atoms with E-state index in [1.54, 1.807) is 7.11 Å². The van der Waals surface area contributed by atoms with Crippen molar-refractivity contribution in [3.63, 3.8) is 0 Å². The summed E-state index contributed by atoms with van der Waals surface area (Å²) in [5, 5.41) is 4.08. The van der Waals surface area contributed by atoms with Gasteiger partial charge >= 0.3 is 6.03 Å². The fraction of sp³-hybridized carbons (Fsp3) is 0.400. The molecular formula is C25H28N2O4. The van der Waals surface area contributed by atoms with E-state index in [2.05, 4.69) is 17.4 Å². The van der Waals surface area contributed by atoms with Gasteiger partial charge in [0.15, 0.2) is 11.5 Å². The largest absolute Gasteiger partial charge is 0.493 e. The Hall–Kier alpha value is -3.15. The summed E-state index contributed by atoms with van der Waals surface area (Å²) in [4.78, 5) is 14.3. The van der Waals surface area contributed by atoms with Gasteiger partial charge in [-0.15, -0.1) is 0 Å². The van der Waals surface area contributed by atoms with Crippen molar-refractivity contribution in [1.29, 1.82) is 0 Å². The molecule has 6 nitrogen and oxygen atoms in total. The van der Waals surface area contributed by atoms with Gasteiger partial charge in [-0.2, -0.15) is 0 Å². The first kappa shape index (κ1) is 19.8. The van der Waals surface area contributed by atoms with Crippen LogP contribution in [-0.2, 0) is 6.54 Å². The molecule has 1 aliphatic heterocycles. The van der Waals surface area contributed by atoms with Crippen molar-refractivity contribution in [2.75, 3.05) is 20.2 Å². The van der Waals surface area contributed by atoms with Crippen LogP contribution in [0.3, 0.4) is 0 Å². The molecule has 31 heavy (non-hydrogen) atoms. The normalized spacial score (nSPS) is 19.6. The Bertz CT molecular complexity index is 1040. The summed E-state index contributed by atoms with van der Waals surface area (Å²) < 4.78 is 17.7. The molecule has 1 saturated heterocycles. The lowest BCUT2D eigenvalue weighted by molar-refractivity contribution is 0.171. The van der Waals surface area contributed by atoms with E-state index in [0.29, 0.717) is 19.6 Å². The molecule has 1 aromatic heterocycles. The highest BCUT2D eigenvalue weighted by atomic mass is 16.5. The van der Waals surface area contributed by atoms with Gasteiger partial charge in [0.25, 0.3) is 0 Å². The van der Waals surface area contributed by atoms with E-state index in [4.69, 9.17) is 13.9 Å². The number of methoxy groups -OCH3 is 1. The molecule has 0 bridgehead atoms. The average Bonchev–Trinajstić information content (AvgIpc) is 3.44. The molecule has 0 spiro atoms. The fourth-order valence-electron chi connectivity index (χ4n) is 4.62. The minimum atomic E-state index is -0.0624. The number of amides is 2. The van der Waals surface area contributed by atoms with Crippen molar-refractivity contribution < 1.29 is 18.7 Å². The van der Waals surface area contributed by atoms with Gasteiger partial charge in [0.1, 0.15) is 11.3 Å². The maximum atomic E-state index is 12.5. The predicted molar refractivity (Wildman–Crippen MR) is 119 cm³/mol. The summed E-state index contributed by atoms with van der Waals surface area (Å²) >= 11 is 0. The van der Waals surface area contributed by atoms with Gasteiger partial charge in [0.2, 0.25) is 0 Å². The summed E-state index contributed by atoms with van der Waals surface area (Å²) in [7, 11) is 1.67. The van der Waals surface area contributed by atoms with Gasteiger partial charge in [0.05, 0.1) is 19.8 Å². The van der Waals surface area contributed by atoms with Gasteiger partial charge in [-0.3, -0.25) is 0 Å². The second-order valence-corrected chi connectivity index (χ2v) is 8.45. The molecule has 2 aliphatic rings. The Labute approximate surface area is 182 Å². The van der Waals surface area contributed by atoms with Crippen molar-refractivity contribution in [1.82, 2.24) is 10.2 Å². The number of fused-ring (bicyclic) bond motifs is 1. The molecule has 2 amide bonds. The van der Waals surface area contributed by atoms with Gasteiger partial charge in [-0.25, -0.2) is 4.79 Å². The second-order valence-electron chi connectivity index (χ2n) is 8.45. The summed E-state index contributed by atoms with van der Waals surface area (Å²) in [6, 6.07) is 16.0. The van der Waals surface area contributed by atoms with Crippen LogP contribution in [0.1, 0.15) is 42.9 Å². The summed E-state index contributed by atoms with van der Waals surface area (Å²) in [6.07, 6.45) is 4.90. The number of hydrogen-bond acceptors (Lipinski definition) is 4. The van der Waals surface area contributed by atoms with E-state index < -0.39 is 0 Å². The monoisotopic (exact) mass is 420 g/mol. The topological polar surface area (TPSA) is 63.9 Å².